The number of pyridine rings is 1. The fraction of sp³-hybridized carbons (Fsp3) is 0.214. The second kappa shape index (κ2) is 6.25. The molecule has 1 amide bonds. The molecule has 1 aromatic rings. The summed E-state index contributed by atoms with van der Waals surface area (Å²) >= 11 is 5.55. The van der Waals surface area contributed by atoms with Gasteiger partial charge in [-0.1, -0.05) is 18.2 Å². The summed E-state index contributed by atoms with van der Waals surface area (Å²) in [6.45, 7) is 6.62. The molecule has 0 radical (unpaired) electrons. The molecule has 0 atom stereocenters. The molecule has 2 rings (SSSR count). The average Bonchev–Trinajstić information content (AvgIpc) is 2.46. The highest BCUT2D eigenvalue weighted by molar-refractivity contribution is 6.30. The third-order valence-electron chi connectivity index (χ3n) is 2.85. The molecule has 0 aliphatic carbocycles. The van der Waals surface area contributed by atoms with E-state index in [4.69, 9.17) is 22.1 Å². The Labute approximate surface area is 137 Å². The van der Waals surface area contributed by atoms with Crippen LogP contribution in [0.1, 0.15) is 13.8 Å². The number of nitrogens with zero attached hydrogens (tertiary/aromatic N) is 2. The second-order valence-electron chi connectivity index (χ2n) is 5.09. The Balaban J connectivity index is 2.31. The minimum atomic E-state index is -0.999. The van der Waals surface area contributed by atoms with Crippen molar-refractivity contribution in [3.63, 3.8) is 0 Å². The van der Waals surface area contributed by atoms with Gasteiger partial charge in [-0.25, -0.2) is 14.4 Å². The van der Waals surface area contributed by atoms with Crippen LogP contribution in [0.4, 0.5) is 16.0 Å². The standard InChI is InChI=1S/C14H15ClFN5O2/c1-7(15)18-11(8(16)6-17)19-10-5-4-9-12(20-10)21-13(22)14(2,3)23-9/h4-6H,1,17H2,2-3H3,(H2,18,19,20,21,22)/b8-6+. The number of fused-ring (bicyclic) bond motifs is 1. The van der Waals surface area contributed by atoms with E-state index in [0.717, 1.165) is 6.20 Å². The molecule has 122 valence electrons. The van der Waals surface area contributed by atoms with Crippen LogP contribution >= 0.6 is 11.6 Å². The summed E-state index contributed by atoms with van der Waals surface area (Å²) in [4.78, 5) is 19.7. The summed E-state index contributed by atoms with van der Waals surface area (Å²) in [6, 6.07) is 3.12. The third kappa shape index (κ3) is 3.78. The number of hydrogen-bond acceptors (Lipinski definition) is 5. The van der Waals surface area contributed by atoms with Crippen molar-refractivity contribution in [1.29, 1.82) is 0 Å². The number of anilines is 2. The lowest BCUT2D eigenvalue weighted by molar-refractivity contribution is -0.129. The smallest absolute Gasteiger partial charge is 0.269 e. The van der Waals surface area contributed by atoms with Gasteiger partial charge in [0.15, 0.2) is 28.8 Å². The molecule has 1 aliphatic rings. The minimum absolute atomic E-state index is 0.138. The van der Waals surface area contributed by atoms with Gasteiger partial charge in [0.25, 0.3) is 5.91 Å². The van der Waals surface area contributed by atoms with E-state index in [1.54, 1.807) is 19.9 Å². The van der Waals surface area contributed by atoms with Crippen LogP contribution in [0, 0.1) is 0 Å². The van der Waals surface area contributed by atoms with E-state index in [1.165, 1.54) is 6.07 Å². The van der Waals surface area contributed by atoms with E-state index in [9.17, 15) is 9.18 Å². The monoisotopic (exact) mass is 339 g/mol. The van der Waals surface area contributed by atoms with Gasteiger partial charge < -0.3 is 21.1 Å². The highest BCUT2D eigenvalue weighted by atomic mass is 35.5. The van der Waals surface area contributed by atoms with E-state index >= 15 is 0 Å². The first kappa shape index (κ1) is 16.8. The number of rotatable bonds is 3. The molecular formula is C14H15ClFN5O2. The lowest BCUT2D eigenvalue weighted by Gasteiger charge is -2.30. The fourth-order valence-electron chi connectivity index (χ4n) is 1.73. The molecule has 0 unspecified atom stereocenters. The Morgan fingerprint density at radius 1 is 1.61 bits per heavy atom. The van der Waals surface area contributed by atoms with Crippen molar-refractivity contribution in [2.24, 2.45) is 10.7 Å². The highest BCUT2D eigenvalue weighted by Crippen LogP contribution is 2.33. The predicted molar refractivity (Wildman–Crippen MR) is 87.0 cm³/mol. The molecule has 4 N–H and O–H groups in total. The van der Waals surface area contributed by atoms with E-state index in [0.29, 0.717) is 5.75 Å². The number of halogens is 2. The van der Waals surface area contributed by atoms with Crippen LogP contribution in [0.25, 0.3) is 0 Å². The first-order valence-electron chi connectivity index (χ1n) is 6.52. The summed E-state index contributed by atoms with van der Waals surface area (Å²) in [5, 5.41) is 5.09. The van der Waals surface area contributed by atoms with Crippen LogP contribution < -0.4 is 21.1 Å². The minimum Gasteiger partial charge on any atom is -0.474 e. The van der Waals surface area contributed by atoms with Crippen molar-refractivity contribution in [3.8, 4) is 5.75 Å². The van der Waals surface area contributed by atoms with Crippen molar-refractivity contribution < 1.29 is 13.9 Å². The number of hydrogen-bond donors (Lipinski definition) is 3. The number of nitrogens with two attached hydrogens (primary N) is 1. The molecule has 0 saturated heterocycles. The highest BCUT2D eigenvalue weighted by Gasteiger charge is 2.36. The molecule has 0 spiro atoms. The quantitative estimate of drug-likeness (QED) is 0.446. The molecule has 0 fully saturated rings. The summed E-state index contributed by atoms with van der Waals surface area (Å²) in [5.41, 5.74) is 4.13. The Morgan fingerprint density at radius 3 is 2.91 bits per heavy atom. The Kier molecular flexibility index (Phi) is 4.55. The summed E-state index contributed by atoms with van der Waals surface area (Å²) in [5.74, 6) is -0.626. The average molecular weight is 340 g/mol. The normalized spacial score (nSPS) is 17.0. The predicted octanol–water partition coefficient (Wildman–Crippen LogP) is 2.48. The van der Waals surface area contributed by atoms with Crippen molar-refractivity contribution in [3.05, 3.63) is 35.9 Å². The first-order chi connectivity index (χ1) is 10.7. The molecule has 1 aromatic heterocycles. The molecule has 9 heteroatoms. The van der Waals surface area contributed by atoms with Crippen LogP contribution in [0.15, 0.2) is 40.9 Å². The Hall–Kier alpha value is -2.61. The summed E-state index contributed by atoms with van der Waals surface area (Å²) in [6.07, 6.45) is 0.720. The molecular weight excluding hydrogens is 325 g/mol. The molecule has 2 heterocycles. The van der Waals surface area contributed by atoms with Crippen molar-refractivity contribution in [2.45, 2.75) is 19.4 Å². The van der Waals surface area contributed by atoms with Gasteiger partial charge in [-0.15, -0.1) is 0 Å². The van der Waals surface area contributed by atoms with Gasteiger partial charge in [0.1, 0.15) is 11.0 Å². The lowest BCUT2D eigenvalue weighted by Crippen LogP contribution is -2.46. The van der Waals surface area contributed by atoms with Gasteiger partial charge >= 0.3 is 0 Å². The zero-order valence-corrected chi connectivity index (χ0v) is 13.2. The molecule has 0 aromatic carbocycles. The SMILES string of the molecule is C=C(Cl)/N=C(Nc1ccc2c(n1)NC(=O)C(C)(C)O2)\C(F)=C/N. The van der Waals surface area contributed by atoms with Crippen LogP contribution in [0.2, 0.25) is 0 Å². The van der Waals surface area contributed by atoms with Gasteiger partial charge in [0.05, 0.1) is 0 Å². The van der Waals surface area contributed by atoms with E-state index in [-0.39, 0.29) is 28.5 Å². The van der Waals surface area contributed by atoms with Crippen LogP contribution in [-0.2, 0) is 4.79 Å². The van der Waals surface area contributed by atoms with Crippen molar-refractivity contribution in [1.82, 2.24) is 4.98 Å². The Morgan fingerprint density at radius 2 is 2.30 bits per heavy atom. The maximum atomic E-state index is 13.7. The summed E-state index contributed by atoms with van der Waals surface area (Å²) < 4.78 is 19.2. The molecule has 0 bridgehead atoms. The number of amidine groups is 1. The van der Waals surface area contributed by atoms with Crippen molar-refractivity contribution >= 4 is 35.0 Å². The number of nitrogens with one attached hydrogen (secondary N) is 2. The molecule has 23 heavy (non-hydrogen) atoms. The number of ether oxygens (including phenoxy) is 1. The van der Waals surface area contributed by atoms with Crippen molar-refractivity contribution in [2.75, 3.05) is 10.6 Å². The zero-order chi connectivity index (χ0) is 17.2. The van der Waals surface area contributed by atoms with Crippen LogP contribution in [-0.4, -0.2) is 22.3 Å². The second-order valence-corrected chi connectivity index (χ2v) is 5.52. The van der Waals surface area contributed by atoms with E-state index in [2.05, 4.69) is 27.2 Å². The zero-order valence-electron chi connectivity index (χ0n) is 12.5. The maximum absolute atomic E-state index is 13.7. The van der Waals surface area contributed by atoms with Gasteiger partial charge in [-0.05, 0) is 26.0 Å². The number of amides is 1. The number of carbonyl (C=O) groups is 1. The van der Waals surface area contributed by atoms with Gasteiger partial charge in [-0.3, -0.25) is 4.79 Å². The number of aromatic nitrogens is 1. The topological polar surface area (TPSA) is 102 Å². The van der Waals surface area contributed by atoms with Gasteiger partial charge in [0, 0.05) is 6.20 Å². The first-order valence-corrected chi connectivity index (χ1v) is 6.90. The summed E-state index contributed by atoms with van der Waals surface area (Å²) in [7, 11) is 0. The van der Waals surface area contributed by atoms with Gasteiger partial charge in [-0.2, -0.15) is 0 Å². The van der Waals surface area contributed by atoms with E-state index < -0.39 is 11.4 Å². The fourth-order valence-corrected chi connectivity index (χ4v) is 1.81. The van der Waals surface area contributed by atoms with Crippen LogP contribution in [0.3, 0.4) is 0 Å². The number of carbonyl (C=O) groups excluding carboxylic acids is 1. The van der Waals surface area contributed by atoms with Gasteiger partial charge in [0.2, 0.25) is 0 Å². The largest absolute Gasteiger partial charge is 0.474 e. The lowest BCUT2D eigenvalue weighted by atomic mass is 10.1. The Bertz CT molecular complexity index is 730. The van der Waals surface area contributed by atoms with E-state index in [1.807, 2.05) is 0 Å². The third-order valence-corrected chi connectivity index (χ3v) is 2.94. The maximum Gasteiger partial charge on any atom is 0.269 e. The number of aliphatic imine (C=N–C) groups is 1. The molecule has 7 nitrogen and oxygen atoms in total. The van der Waals surface area contributed by atoms with Crippen LogP contribution in [0.5, 0.6) is 5.75 Å². The molecule has 0 saturated carbocycles. The molecule has 1 aliphatic heterocycles.